The molecule has 0 radical (unpaired) electrons. The molecular formula is C25H18BrN5OS. The fourth-order valence-corrected chi connectivity index (χ4v) is 4.38. The highest BCUT2D eigenvalue weighted by molar-refractivity contribution is 9.10. The molecule has 0 aliphatic heterocycles. The number of thiophene rings is 1. The summed E-state index contributed by atoms with van der Waals surface area (Å²) >= 11 is 5.07. The number of carbonyl (C=O) groups is 1. The van der Waals surface area contributed by atoms with E-state index in [1.807, 2.05) is 78.3 Å². The summed E-state index contributed by atoms with van der Waals surface area (Å²) in [4.78, 5) is 14.1. The molecule has 162 valence electrons. The highest BCUT2D eigenvalue weighted by atomic mass is 79.9. The van der Waals surface area contributed by atoms with Gasteiger partial charge in [0.15, 0.2) is 0 Å². The van der Waals surface area contributed by atoms with Gasteiger partial charge in [-0.3, -0.25) is 4.79 Å². The molecule has 0 aliphatic carbocycles. The summed E-state index contributed by atoms with van der Waals surface area (Å²) in [7, 11) is 0. The molecule has 5 rings (SSSR count). The molecule has 8 heteroatoms. The number of benzene rings is 3. The molecule has 0 saturated carbocycles. The molecule has 3 N–H and O–H groups in total. The predicted molar refractivity (Wildman–Crippen MR) is 137 cm³/mol. The van der Waals surface area contributed by atoms with E-state index >= 15 is 0 Å². The van der Waals surface area contributed by atoms with Crippen molar-refractivity contribution in [2.45, 2.75) is 0 Å². The first-order chi connectivity index (χ1) is 16.1. The Morgan fingerprint density at radius 3 is 2.61 bits per heavy atom. The zero-order valence-corrected chi connectivity index (χ0v) is 19.7. The molecule has 0 fully saturated rings. The zero-order valence-electron chi connectivity index (χ0n) is 17.3. The summed E-state index contributed by atoms with van der Waals surface area (Å²) in [5, 5.41) is 13.4. The minimum Gasteiger partial charge on any atom is -0.397 e. The molecule has 2 heterocycles. The summed E-state index contributed by atoms with van der Waals surface area (Å²) in [5.74, 6) is -0.243. The normalized spacial score (nSPS) is 10.8. The second-order valence-electron chi connectivity index (χ2n) is 7.34. The van der Waals surface area contributed by atoms with Gasteiger partial charge in [0, 0.05) is 20.5 Å². The molecule has 1 amide bonds. The van der Waals surface area contributed by atoms with Crippen LogP contribution in [0.25, 0.3) is 27.4 Å². The summed E-state index contributed by atoms with van der Waals surface area (Å²) < 4.78 is 2.69. The van der Waals surface area contributed by atoms with Crippen LogP contribution < -0.4 is 11.1 Å². The topological polar surface area (TPSA) is 85.8 Å². The van der Waals surface area contributed by atoms with E-state index in [2.05, 4.69) is 31.6 Å². The number of aromatic nitrogens is 3. The maximum absolute atomic E-state index is 13.0. The van der Waals surface area contributed by atoms with Gasteiger partial charge in [0.2, 0.25) is 0 Å². The van der Waals surface area contributed by atoms with E-state index in [0.29, 0.717) is 22.6 Å². The van der Waals surface area contributed by atoms with Gasteiger partial charge in [-0.1, -0.05) is 45.4 Å². The molecule has 6 nitrogen and oxygen atoms in total. The van der Waals surface area contributed by atoms with Crippen molar-refractivity contribution in [3.63, 3.8) is 0 Å². The molecule has 0 saturated heterocycles. The van der Waals surface area contributed by atoms with Crippen molar-refractivity contribution in [1.29, 1.82) is 0 Å². The number of nitrogens with two attached hydrogens (primary N) is 1. The lowest BCUT2D eigenvalue weighted by Crippen LogP contribution is -2.13. The molecule has 0 atom stereocenters. The Morgan fingerprint density at radius 1 is 0.970 bits per heavy atom. The Bertz CT molecular complexity index is 1430. The van der Waals surface area contributed by atoms with Crippen molar-refractivity contribution in [1.82, 2.24) is 15.0 Å². The highest BCUT2D eigenvalue weighted by Crippen LogP contribution is 2.30. The third-order valence-electron chi connectivity index (χ3n) is 5.11. The van der Waals surface area contributed by atoms with Crippen molar-refractivity contribution in [2.24, 2.45) is 0 Å². The first kappa shape index (κ1) is 21.1. The maximum atomic E-state index is 13.0. The van der Waals surface area contributed by atoms with E-state index < -0.39 is 0 Å². The van der Waals surface area contributed by atoms with E-state index in [1.54, 1.807) is 28.2 Å². The van der Waals surface area contributed by atoms with E-state index in [9.17, 15) is 4.79 Å². The number of hydrogen-bond donors (Lipinski definition) is 2. The van der Waals surface area contributed by atoms with Crippen LogP contribution in [0.1, 0.15) is 10.4 Å². The Balaban J connectivity index is 1.38. The monoisotopic (exact) mass is 515 g/mol. The van der Waals surface area contributed by atoms with Crippen LogP contribution in [0.5, 0.6) is 0 Å². The molecule has 33 heavy (non-hydrogen) atoms. The highest BCUT2D eigenvalue weighted by Gasteiger charge is 2.12. The molecule has 5 aromatic rings. The summed E-state index contributed by atoms with van der Waals surface area (Å²) in [6, 6.07) is 24.7. The fraction of sp³-hybridized carbons (Fsp3) is 0. The SMILES string of the molecule is Nc1ccc(-c2cccs2)cc1NC(=O)c1cccc(-c2cn(-c3ccc(Br)cc3)nn2)c1. The van der Waals surface area contributed by atoms with Crippen LogP contribution in [0.3, 0.4) is 0 Å². The Kier molecular flexibility index (Phi) is 5.77. The first-order valence-corrected chi connectivity index (χ1v) is 11.8. The van der Waals surface area contributed by atoms with Gasteiger partial charge in [-0.25, -0.2) is 4.68 Å². The Morgan fingerprint density at radius 2 is 1.82 bits per heavy atom. The quantitative estimate of drug-likeness (QED) is 0.270. The third-order valence-corrected chi connectivity index (χ3v) is 6.56. The molecule has 0 bridgehead atoms. The van der Waals surface area contributed by atoms with Gasteiger partial charge in [0.05, 0.1) is 23.3 Å². The van der Waals surface area contributed by atoms with E-state index in [-0.39, 0.29) is 5.91 Å². The van der Waals surface area contributed by atoms with Gasteiger partial charge in [-0.05, 0) is 65.5 Å². The second kappa shape index (κ2) is 9.01. The largest absolute Gasteiger partial charge is 0.397 e. The third kappa shape index (κ3) is 4.57. The van der Waals surface area contributed by atoms with Crippen molar-refractivity contribution < 1.29 is 4.79 Å². The summed E-state index contributed by atoms with van der Waals surface area (Å²) in [5.41, 5.74) is 11.1. The number of anilines is 2. The van der Waals surface area contributed by atoms with E-state index in [0.717, 1.165) is 26.2 Å². The van der Waals surface area contributed by atoms with Gasteiger partial charge in [-0.2, -0.15) is 0 Å². The molecule has 3 aromatic carbocycles. The number of nitrogen functional groups attached to an aromatic ring is 1. The molecule has 0 aliphatic rings. The number of nitrogens with zero attached hydrogens (tertiary/aromatic N) is 3. The lowest BCUT2D eigenvalue weighted by Gasteiger charge is -2.10. The molecule has 2 aromatic heterocycles. The smallest absolute Gasteiger partial charge is 0.255 e. The Hall–Kier alpha value is -3.75. The molecule has 0 unspecified atom stereocenters. The standard InChI is InChI=1S/C25H18BrN5OS/c26-19-7-9-20(10-8-19)31-15-23(29-30-31)16-3-1-4-18(13-16)25(32)28-22-14-17(6-11-21(22)27)24-5-2-12-33-24/h1-15H,27H2,(H,28,32). The number of amides is 1. The van der Waals surface area contributed by atoms with Crippen LogP contribution in [0.15, 0.2) is 94.9 Å². The van der Waals surface area contributed by atoms with Crippen LogP contribution in [-0.4, -0.2) is 20.9 Å². The Labute approximate surface area is 202 Å². The lowest BCUT2D eigenvalue weighted by atomic mass is 10.1. The zero-order chi connectivity index (χ0) is 22.8. The maximum Gasteiger partial charge on any atom is 0.255 e. The van der Waals surface area contributed by atoms with E-state index in [4.69, 9.17) is 5.73 Å². The minimum absolute atomic E-state index is 0.243. The van der Waals surface area contributed by atoms with Crippen LogP contribution in [-0.2, 0) is 0 Å². The van der Waals surface area contributed by atoms with Gasteiger partial charge >= 0.3 is 0 Å². The molecule has 0 spiro atoms. The predicted octanol–water partition coefficient (Wildman–Crippen LogP) is 6.26. The van der Waals surface area contributed by atoms with Crippen LogP contribution in [0, 0.1) is 0 Å². The lowest BCUT2D eigenvalue weighted by molar-refractivity contribution is 0.102. The van der Waals surface area contributed by atoms with Gasteiger partial charge in [0.1, 0.15) is 5.69 Å². The van der Waals surface area contributed by atoms with Crippen molar-refractivity contribution >= 4 is 44.5 Å². The number of halogens is 1. The average Bonchev–Trinajstić information content (AvgIpc) is 3.54. The number of carbonyl (C=O) groups excluding carboxylic acids is 1. The van der Waals surface area contributed by atoms with Crippen molar-refractivity contribution in [3.05, 3.63) is 100 Å². The summed E-state index contributed by atoms with van der Waals surface area (Å²) in [6.45, 7) is 0. The van der Waals surface area contributed by atoms with Crippen LogP contribution >= 0.6 is 27.3 Å². The fourth-order valence-electron chi connectivity index (χ4n) is 3.39. The summed E-state index contributed by atoms with van der Waals surface area (Å²) in [6.07, 6.45) is 1.84. The number of hydrogen-bond acceptors (Lipinski definition) is 5. The molecular weight excluding hydrogens is 498 g/mol. The van der Waals surface area contributed by atoms with Crippen LogP contribution in [0.4, 0.5) is 11.4 Å². The number of rotatable bonds is 5. The first-order valence-electron chi connectivity index (χ1n) is 10.1. The van der Waals surface area contributed by atoms with Gasteiger partial charge < -0.3 is 11.1 Å². The van der Waals surface area contributed by atoms with Crippen molar-refractivity contribution in [3.8, 4) is 27.4 Å². The van der Waals surface area contributed by atoms with E-state index in [1.165, 1.54) is 0 Å². The second-order valence-corrected chi connectivity index (χ2v) is 9.20. The van der Waals surface area contributed by atoms with Gasteiger partial charge in [0.25, 0.3) is 5.91 Å². The van der Waals surface area contributed by atoms with Gasteiger partial charge in [-0.15, -0.1) is 16.4 Å². The van der Waals surface area contributed by atoms with Crippen molar-refractivity contribution in [2.75, 3.05) is 11.1 Å². The van der Waals surface area contributed by atoms with Crippen LogP contribution in [0.2, 0.25) is 0 Å². The minimum atomic E-state index is -0.243. The number of nitrogens with one attached hydrogen (secondary N) is 1. The average molecular weight is 516 g/mol.